The van der Waals surface area contributed by atoms with E-state index in [-0.39, 0.29) is 11.3 Å². The molecule has 1 N–H and O–H groups in total. The molecule has 1 fully saturated rings. The van der Waals surface area contributed by atoms with Gasteiger partial charge in [0.25, 0.3) is 11.7 Å². The minimum atomic E-state index is -0.732. The molecule has 0 aliphatic carbocycles. The van der Waals surface area contributed by atoms with E-state index in [1.165, 1.54) is 19.1 Å². The van der Waals surface area contributed by atoms with E-state index in [2.05, 4.69) is 0 Å². The number of aliphatic hydroxyl groups is 1. The Hall–Kier alpha value is -3.52. The molecular weight excluding hydrogens is 424 g/mol. The summed E-state index contributed by atoms with van der Waals surface area (Å²) >= 11 is 0. The van der Waals surface area contributed by atoms with Crippen LogP contribution in [0.5, 0.6) is 17.2 Å². The highest BCUT2D eigenvalue weighted by Crippen LogP contribution is 2.41. The molecule has 33 heavy (non-hydrogen) atoms. The number of methoxy groups -OCH3 is 3. The Kier molecular flexibility index (Phi) is 7.60. The molecule has 8 heteroatoms. The van der Waals surface area contributed by atoms with Crippen LogP contribution in [-0.2, 0) is 9.59 Å². The number of hydrogen-bond donors (Lipinski definition) is 1. The molecule has 1 aliphatic rings. The van der Waals surface area contributed by atoms with E-state index >= 15 is 0 Å². The first-order valence-corrected chi connectivity index (χ1v) is 10.6. The Balaban J connectivity index is 2.13. The smallest absolute Gasteiger partial charge is 0.295 e. The molecule has 0 bridgehead atoms. The molecule has 176 valence electrons. The second kappa shape index (κ2) is 10.4. The third-order valence-corrected chi connectivity index (χ3v) is 5.64. The summed E-state index contributed by atoms with van der Waals surface area (Å²) in [4.78, 5) is 29.7. The molecule has 0 aromatic heterocycles. The SMILES string of the molecule is COc1ccc([C@H]2/C(=C(\O)c3ccc(OC)cc3OC)C(=O)C(=O)N2CCCN(C)C)cc1. The fourth-order valence-corrected chi connectivity index (χ4v) is 3.94. The molecule has 1 heterocycles. The van der Waals surface area contributed by atoms with E-state index in [0.717, 1.165) is 6.54 Å². The number of nitrogens with zero attached hydrogens (tertiary/aromatic N) is 2. The number of rotatable bonds is 9. The average Bonchev–Trinajstić information content (AvgIpc) is 3.08. The van der Waals surface area contributed by atoms with Gasteiger partial charge in [-0.15, -0.1) is 0 Å². The predicted molar refractivity (Wildman–Crippen MR) is 125 cm³/mol. The van der Waals surface area contributed by atoms with Crippen molar-refractivity contribution in [2.75, 3.05) is 48.5 Å². The van der Waals surface area contributed by atoms with Crippen LogP contribution in [0.1, 0.15) is 23.6 Å². The van der Waals surface area contributed by atoms with Crippen molar-refractivity contribution >= 4 is 17.4 Å². The summed E-state index contributed by atoms with van der Waals surface area (Å²) in [6.07, 6.45) is 0.679. The summed E-state index contributed by atoms with van der Waals surface area (Å²) in [7, 11) is 8.46. The fraction of sp³-hybridized carbons (Fsp3) is 0.360. The van der Waals surface area contributed by atoms with Gasteiger partial charge in [0, 0.05) is 12.6 Å². The zero-order valence-electron chi connectivity index (χ0n) is 19.6. The number of Topliss-reactive ketones (excluding diaryl/α,β-unsaturated/α-hetero) is 1. The molecule has 2 aromatic carbocycles. The minimum Gasteiger partial charge on any atom is -0.507 e. The van der Waals surface area contributed by atoms with Gasteiger partial charge < -0.3 is 29.1 Å². The molecule has 0 radical (unpaired) electrons. The number of carbonyl (C=O) groups is 2. The van der Waals surface area contributed by atoms with Crippen LogP contribution in [0.2, 0.25) is 0 Å². The average molecular weight is 455 g/mol. The number of benzene rings is 2. The standard InChI is InChI=1S/C25H30N2O6/c1-26(2)13-6-14-27-22(16-7-9-17(31-3)10-8-16)21(24(29)25(27)30)23(28)19-12-11-18(32-4)15-20(19)33-5/h7-12,15,22,28H,6,13-14H2,1-5H3/b23-21+/t22-/m0/s1. The lowest BCUT2D eigenvalue weighted by atomic mass is 9.95. The van der Waals surface area contributed by atoms with Crippen molar-refractivity contribution in [1.29, 1.82) is 0 Å². The predicted octanol–water partition coefficient (Wildman–Crippen LogP) is 3.09. The molecule has 1 atom stereocenters. The number of hydrogen-bond acceptors (Lipinski definition) is 7. The van der Waals surface area contributed by atoms with Gasteiger partial charge >= 0.3 is 0 Å². The zero-order valence-corrected chi connectivity index (χ0v) is 19.6. The number of carbonyl (C=O) groups excluding carboxylic acids is 2. The van der Waals surface area contributed by atoms with Crippen molar-refractivity contribution in [2.45, 2.75) is 12.5 Å². The second-order valence-electron chi connectivity index (χ2n) is 7.99. The first kappa shape index (κ1) is 24.1. The van der Waals surface area contributed by atoms with E-state index < -0.39 is 17.7 Å². The van der Waals surface area contributed by atoms with E-state index in [0.29, 0.717) is 41.3 Å². The maximum absolute atomic E-state index is 13.1. The molecule has 8 nitrogen and oxygen atoms in total. The molecule has 0 spiro atoms. The lowest BCUT2D eigenvalue weighted by Gasteiger charge is -2.26. The molecule has 0 saturated carbocycles. The maximum Gasteiger partial charge on any atom is 0.295 e. The Bertz CT molecular complexity index is 1050. The first-order chi connectivity index (χ1) is 15.8. The van der Waals surface area contributed by atoms with E-state index in [9.17, 15) is 14.7 Å². The quantitative estimate of drug-likeness (QED) is 0.354. The summed E-state index contributed by atoms with van der Waals surface area (Å²) < 4.78 is 15.9. The molecule has 1 aliphatic heterocycles. The van der Waals surface area contributed by atoms with Crippen molar-refractivity contribution < 1.29 is 28.9 Å². The van der Waals surface area contributed by atoms with Gasteiger partial charge in [-0.1, -0.05) is 12.1 Å². The highest BCUT2D eigenvalue weighted by atomic mass is 16.5. The van der Waals surface area contributed by atoms with Crippen molar-refractivity contribution in [2.24, 2.45) is 0 Å². The normalized spacial score (nSPS) is 17.5. The van der Waals surface area contributed by atoms with Crippen LogP contribution in [0.15, 0.2) is 48.0 Å². The third kappa shape index (κ3) is 4.96. The number of ketones is 1. The van der Waals surface area contributed by atoms with Crippen molar-refractivity contribution in [3.8, 4) is 17.2 Å². The highest BCUT2D eigenvalue weighted by Gasteiger charge is 2.46. The minimum absolute atomic E-state index is 0.0264. The van der Waals surface area contributed by atoms with Gasteiger partial charge in [-0.25, -0.2) is 0 Å². The third-order valence-electron chi connectivity index (χ3n) is 5.64. The number of likely N-dealkylation sites (tertiary alicyclic amines) is 1. The zero-order chi connectivity index (χ0) is 24.1. The van der Waals surface area contributed by atoms with Gasteiger partial charge in [0.1, 0.15) is 23.0 Å². The van der Waals surface area contributed by atoms with Crippen LogP contribution >= 0.6 is 0 Å². The fourth-order valence-electron chi connectivity index (χ4n) is 3.94. The summed E-state index contributed by atoms with van der Waals surface area (Å²) in [5.74, 6) is -0.123. The molecule has 1 amide bonds. The van der Waals surface area contributed by atoms with E-state index in [4.69, 9.17) is 14.2 Å². The number of amides is 1. The van der Waals surface area contributed by atoms with Gasteiger partial charge in [-0.3, -0.25) is 9.59 Å². The summed E-state index contributed by atoms with van der Waals surface area (Å²) in [5, 5.41) is 11.3. The Morgan fingerprint density at radius 2 is 1.61 bits per heavy atom. The molecular formula is C25H30N2O6. The molecule has 3 rings (SSSR count). The van der Waals surface area contributed by atoms with Crippen molar-refractivity contribution in [3.05, 3.63) is 59.2 Å². The maximum atomic E-state index is 13.1. The number of ether oxygens (including phenoxy) is 3. The van der Waals surface area contributed by atoms with Crippen LogP contribution in [0.4, 0.5) is 0 Å². The number of aliphatic hydroxyl groups excluding tert-OH is 1. The van der Waals surface area contributed by atoms with Crippen LogP contribution < -0.4 is 14.2 Å². The Morgan fingerprint density at radius 3 is 2.18 bits per heavy atom. The molecule has 0 unspecified atom stereocenters. The van der Waals surface area contributed by atoms with Crippen LogP contribution in [0.3, 0.4) is 0 Å². The Labute approximate surface area is 194 Å². The second-order valence-corrected chi connectivity index (χ2v) is 7.99. The topological polar surface area (TPSA) is 88.5 Å². The van der Waals surface area contributed by atoms with E-state index in [1.807, 2.05) is 19.0 Å². The Morgan fingerprint density at radius 1 is 0.970 bits per heavy atom. The lowest BCUT2D eigenvalue weighted by Crippen LogP contribution is -2.32. The summed E-state index contributed by atoms with van der Waals surface area (Å²) in [5.41, 5.74) is 1.04. The molecule has 1 saturated heterocycles. The van der Waals surface area contributed by atoms with Gasteiger partial charge in [0.2, 0.25) is 0 Å². The van der Waals surface area contributed by atoms with Gasteiger partial charge in [-0.2, -0.15) is 0 Å². The van der Waals surface area contributed by atoms with Crippen LogP contribution in [0, 0.1) is 0 Å². The summed E-state index contributed by atoms with van der Waals surface area (Å²) in [6, 6.07) is 11.3. The summed E-state index contributed by atoms with van der Waals surface area (Å²) in [6.45, 7) is 1.13. The van der Waals surface area contributed by atoms with Crippen molar-refractivity contribution in [3.63, 3.8) is 0 Å². The van der Waals surface area contributed by atoms with Crippen LogP contribution in [0.25, 0.3) is 5.76 Å². The molecule has 2 aromatic rings. The van der Waals surface area contributed by atoms with Crippen molar-refractivity contribution in [1.82, 2.24) is 9.80 Å². The highest BCUT2D eigenvalue weighted by molar-refractivity contribution is 6.46. The van der Waals surface area contributed by atoms with Gasteiger partial charge in [-0.05, 0) is 56.9 Å². The first-order valence-electron chi connectivity index (χ1n) is 10.6. The monoisotopic (exact) mass is 454 g/mol. The van der Waals surface area contributed by atoms with Gasteiger partial charge in [0.15, 0.2) is 0 Å². The van der Waals surface area contributed by atoms with Gasteiger partial charge in [0.05, 0.1) is 38.5 Å². The lowest BCUT2D eigenvalue weighted by molar-refractivity contribution is -0.139. The van der Waals surface area contributed by atoms with E-state index in [1.54, 1.807) is 49.6 Å². The largest absolute Gasteiger partial charge is 0.507 e. The van der Waals surface area contributed by atoms with Crippen LogP contribution in [-0.4, -0.2) is 75.1 Å².